The van der Waals surface area contributed by atoms with E-state index in [1.54, 1.807) is 0 Å². The van der Waals surface area contributed by atoms with Gasteiger partial charge >= 0.3 is 0 Å². The minimum Gasteiger partial charge on any atom is -0.340 e. The number of nitrogens with two attached hydrogens (primary N) is 2. The number of hydrogen-bond donors (Lipinski definition) is 3. The van der Waals surface area contributed by atoms with Crippen molar-refractivity contribution in [2.45, 2.75) is 26.7 Å². The molecule has 1 rings (SSSR count). The predicted molar refractivity (Wildman–Crippen MR) is 54.2 cm³/mol. The number of carbonyl (C=O) groups is 1. The van der Waals surface area contributed by atoms with Gasteiger partial charge in [-0.05, 0) is 26.0 Å². The lowest BCUT2D eigenvalue weighted by atomic mass is 10.4. The van der Waals surface area contributed by atoms with Gasteiger partial charge in [0.1, 0.15) is 12.8 Å². The summed E-state index contributed by atoms with van der Waals surface area (Å²) in [5, 5.41) is 2.43. The molecule has 1 aromatic heterocycles. The molecule has 0 saturated heterocycles. The molecule has 1 amide bonds. The first-order valence-corrected chi connectivity index (χ1v) is 4.44. The number of rotatable bonds is 3. The molecule has 5 N–H and O–H groups in total. The topological polar surface area (TPSA) is 86.1 Å². The molecular formula is C9H16N4O. The Morgan fingerprint density at radius 1 is 1.43 bits per heavy atom. The van der Waals surface area contributed by atoms with Crippen LogP contribution in [0, 0.1) is 13.8 Å². The molecule has 1 aromatic rings. The smallest absolute Gasteiger partial charge is 0.242 e. The van der Waals surface area contributed by atoms with E-state index in [9.17, 15) is 4.79 Å². The highest BCUT2D eigenvalue weighted by atomic mass is 16.2. The van der Waals surface area contributed by atoms with Crippen molar-refractivity contribution in [1.82, 2.24) is 9.88 Å². The van der Waals surface area contributed by atoms with Crippen molar-refractivity contribution < 1.29 is 4.79 Å². The van der Waals surface area contributed by atoms with Crippen LogP contribution >= 0.6 is 0 Å². The van der Waals surface area contributed by atoms with Gasteiger partial charge in [-0.25, -0.2) is 0 Å². The molecule has 0 radical (unpaired) electrons. The molecule has 0 saturated carbocycles. The third-order valence-corrected chi connectivity index (χ3v) is 2.05. The summed E-state index contributed by atoms with van der Waals surface area (Å²) >= 11 is 0. The fraction of sp³-hybridized carbons (Fsp3) is 0.444. The summed E-state index contributed by atoms with van der Waals surface area (Å²) < 4.78 is 1.90. The van der Waals surface area contributed by atoms with Crippen molar-refractivity contribution in [1.29, 1.82) is 0 Å². The Kier molecular flexibility index (Phi) is 3.27. The quantitative estimate of drug-likeness (QED) is 0.565. The number of nitrogens with zero attached hydrogens (tertiary/aromatic N) is 1. The minimum atomic E-state index is -0.793. The second-order valence-corrected chi connectivity index (χ2v) is 3.30. The molecule has 0 aliphatic heterocycles. The summed E-state index contributed by atoms with van der Waals surface area (Å²) in [7, 11) is 0. The van der Waals surface area contributed by atoms with Gasteiger partial charge in [0.15, 0.2) is 0 Å². The van der Waals surface area contributed by atoms with Gasteiger partial charge in [0.05, 0.1) is 0 Å². The molecule has 0 bridgehead atoms. The van der Waals surface area contributed by atoms with Gasteiger partial charge < -0.3 is 9.88 Å². The van der Waals surface area contributed by atoms with Gasteiger partial charge in [0.25, 0.3) is 0 Å². The molecule has 5 heteroatoms. The van der Waals surface area contributed by atoms with Crippen molar-refractivity contribution in [2.24, 2.45) is 11.5 Å². The predicted octanol–water partition coefficient (Wildman–Crippen LogP) is -0.578. The van der Waals surface area contributed by atoms with Crippen molar-refractivity contribution in [3.05, 3.63) is 23.5 Å². The van der Waals surface area contributed by atoms with E-state index in [1.807, 2.05) is 30.5 Å². The van der Waals surface area contributed by atoms with Gasteiger partial charge in [0, 0.05) is 11.4 Å². The van der Waals surface area contributed by atoms with Crippen molar-refractivity contribution in [2.75, 3.05) is 0 Å². The Labute approximate surface area is 83.1 Å². The van der Waals surface area contributed by atoms with Gasteiger partial charge in [0.2, 0.25) is 5.91 Å². The number of carbonyl (C=O) groups excluding carboxylic acids is 1. The fourth-order valence-electron chi connectivity index (χ4n) is 1.32. The molecule has 0 unspecified atom stereocenters. The monoisotopic (exact) mass is 196 g/mol. The maximum Gasteiger partial charge on any atom is 0.242 e. The van der Waals surface area contributed by atoms with Gasteiger partial charge in [-0.3, -0.25) is 16.3 Å². The lowest BCUT2D eigenvalue weighted by molar-refractivity contribution is -0.122. The number of aromatic nitrogens is 1. The molecule has 0 aliphatic rings. The second-order valence-electron chi connectivity index (χ2n) is 3.30. The third kappa shape index (κ3) is 2.58. The van der Waals surface area contributed by atoms with Gasteiger partial charge in [-0.1, -0.05) is 0 Å². The molecule has 78 valence electrons. The number of aryl methyl sites for hydroxylation is 2. The molecule has 0 fully saturated rings. The maximum absolute atomic E-state index is 11.3. The van der Waals surface area contributed by atoms with E-state index in [0.29, 0.717) is 0 Å². The average molecular weight is 196 g/mol. The van der Waals surface area contributed by atoms with E-state index in [-0.39, 0.29) is 12.5 Å². The van der Waals surface area contributed by atoms with Crippen LogP contribution in [0.25, 0.3) is 0 Å². The first-order chi connectivity index (χ1) is 6.50. The highest BCUT2D eigenvalue weighted by Gasteiger charge is 2.07. The number of hydrogen-bond acceptors (Lipinski definition) is 3. The zero-order chi connectivity index (χ0) is 10.7. The first kappa shape index (κ1) is 10.7. The normalized spacial score (nSPS) is 10.6. The van der Waals surface area contributed by atoms with E-state index < -0.39 is 6.29 Å². The van der Waals surface area contributed by atoms with Crippen molar-refractivity contribution in [3.63, 3.8) is 0 Å². The molecular weight excluding hydrogens is 180 g/mol. The molecule has 1 heterocycles. The van der Waals surface area contributed by atoms with E-state index in [2.05, 4.69) is 5.32 Å². The highest BCUT2D eigenvalue weighted by molar-refractivity contribution is 5.76. The standard InChI is InChI=1S/C9H16N4O/c1-6-3-4-7(2)13(6)5-8(14)12-9(10)11/h3-4,9H,5,10-11H2,1-2H3,(H,12,14). The SMILES string of the molecule is Cc1ccc(C)n1CC(=O)NC(N)N. The zero-order valence-corrected chi connectivity index (χ0v) is 8.45. The van der Waals surface area contributed by atoms with Crippen LogP contribution in [0.15, 0.2) is 12.1 Å². The number of amides is 1. The van der Waals surface area contributed by atoms with Gasteiger partial charge in [-0.15, -0.1) is 0 Å². The van der Waals surface area contributed by atoms with Crippen LogP contribution in [0.1, 0.15) is 11.4 Å². The molecule has 0 atom stereocenters. The lowest BCUT2D eigenvalue weighted by Crippen LogP contribution is -2.49. The Morgan fingerprint density at radius 2 is 1.93 bits per heavy atom. The van der Waals surface area contributed by atoms with Crippen LogP contribution < -0.4 is 16.8 Å². The first-order valence-electron chi connectivity index (χ1n) is 4.44. The minimum absolute atomic E-state index is 0.178. The summed E-state index contributed by atoms with van der Waals surface area (Å²) in [5.41, 5.74) is 12.6. The molecule has 0 spiro atoms. The third-order valence-electron chi connectivity index (χ3n) is 2.05. The van der Waals surface area contributed by atoms with Crippen LogP contribution in [0.4, 0.5) is 0 Å². The van der Waals surface area contributed by atoms with Crippen molar-refractivity contribution >= 4 is 5.91 Å². The van der Waals surface area contributed by atoms with E-state index in [0.717, 1.165) is 11.4 Å². The van der Waals surface area contributed by atoms with E-state index in [1.165, 1.54) is 0 Å². The van der Waals surface area contributed by atoms with Crippen LogP contribution in [-0.2, 0) is 11.3 Å². The Bertz CT molecular complexity index is 310. The summed E-state index contributed by atoms with van der Waals surface area (Å²) in [5.74, 6) is -0.178. The Balaban J connectivity index is 2.64. The highest BCUT2D eigenvalue weighted by Crippen LogP contribution is 2.06. The maximum atomic E-state index is 11.3. The molecule has 14 heavy (non-hydrogen) atoms. The fourth-order valence-corrected chi connectivity index (χ4v) is 1.32. The van der Waals surface area contributed by atoms with Crippen LogP contribution in [-0.4, -0.2) is 16.8 Å². The second kappa shape index (κ2) is 4.26. The summed E-state index contributed by atoms with van der Waals surface area (Å²) in [4.78, 5) is 11.3. The number of nitrogens with one attached hydrogen (secondary N) is 1. The zero-order valence-electron chi connectivity index (χ0n) is 8.45. The largest absolute Gasteiger partial charge is 0.340 e. The summed E-state index contributed by atoms with van der Waals surface area (Å²) in [6.45, 7) is 4.15. The van der Waals surface area contributed by atoms with Crippen LogP contribution in [0.2, 0.25) is 0 Å². The Morgan fingerprint density at radius 3 is 2.36 bits per heavy atom. The van der Waals surface area contributed by atoms with Crippen molar-refractivity contribution in [3.8, 4) is 0 Å². The van der Waals surface area contributed by atoms with Crippen LogP contribution in [0.3, 0.4) is 0 Å². The van der Waals surface area contributed by atoms with Crippen LogP contribution in [0.5, 0.6) is 0 Å². The van der Waals surface area contributed by atoms with E-state index in [4.69, 9.17) is 11.5 Å². The van der Waals surface area contributed by atoms with E-state index >= 15 is 0 Å². The molecule has 5 nitrogen and oxygen atoms in total. The van der Waals surface area contributed by atoms with Gasteiger partial charge in [-0.2, -0.15) is 0 Å². The summed E-state index contributed by atoms with van der Waals surface area (Å²) in [6.07, 6.45) is -0.793. The molecule has 0 aliphatic carbocycles. The Hall–Kier alpha value is -1.33. The lowest BCUT2D eigenvalue weighted by Gasteiger charge is -2.11. The molecule has 0 aromatic carbocycles. The average Bonchev–Trinajstić information content (AvgIpc) is 2.34. The summed E-state index contributed by atoms with van der Waals surface area (Å²) in [6, 6.07) is 3.93.